The van der Waals surface area contributed by atoms with Gasteiger partial charge in [-0.25, -0.2) is 0 Å². The molecule has 0 unspecified atom stereocenters. The molecular formula is C23H23N5O3S. The van der Waals surface area contributed by atoms with Crippen molar-refractivity contribution in [2.24, 2.45) is 0 Å². The van der Waals surface area contributed by atoms with Crippen LogP contribution in [-0.4, -0.2) is 42.3 Å². The van der Waals surface area contributed by atoms with E-state index in [1.54, 1.807) is 48.8 Å². The number of ether oxygens (including phenoxy) is 1. The average Bonchev–Trinajstić information content (AvgIpc) is 3.48. The van der Waals surface area contributed by atoms with E-state index in [-0.39, 0.29) is 11.8 Å². The molecule has 2 aromatic heterocycles. The lowest BCUT2D eigenvalue weighted by Crippen LogP contribution is -2.22. The number of fused-ring (bicyclic) bond motifs is 1. The summed E-state index contributed by atoms with van der Waals surface area (Å²) in [4.78, 5) is 26.3. The van der Waals surface area contributed by atoms with E-state index < -0.39 is 0 Å². The molecule has 0 saturated heterocycles. The van der Waals surface area contributed by atoms with Gasteiger partial charge in [0.2, 0.25) is 0 Å². The third-order valence-corrected chi connectivity index (χ3v) is 5.72. The van der Waals surface area contributed by atoms with Gasteiger partial charge in [0.25, 0.3) is 11.8 Å². The minimum atomic E-state index is -0.283. The van der Waals surface area contributed by atoms with Crippen molar-refractivity contribution < 1.29 is 14.3 Å². The molecule has 0 radical (unpaired) electrons. The van der Waals surface area contributed by atoms with Crippen molar-refractivity contribution >= 4 is 45.6 Å². The van der Waals surface area contributed by atoms with Crippen molar-refractivity contribution in [1.82, 2.24) is 15.5 Å². The number of carbonyl (C=O) groups is 2. The largest absolute Gasteiger partial charge is 0.383 e. The quantitative estimate of drug-likeness (QED) is 0.290. The molecule has 9 heteroatoms. The van der Waals surface area contributed by atoms with Gasteiger partial charge in [0.05, 0.1) is 18.7 Å². The van der Waals surface area contributed by atoms with E-state index in [0.717, 1.165) is 16.1 Å². The molecule has 4 aromatic rings. The third kappa shape index (κ3) is 5.13. The van der Waals surface area contributed by atoms with Crippen LogP contribution in [0.2, 0.25) is 0 Å². The maximum atomic E-state index is 12.7. The Bertz CT molecular complexity index is 1200. The number of amides is 2. The molecule has 0 aliphatic heterocycles. The fourth-order valence-corrected chi connectivity index (χ4v) is 3.79. The third-order valence-electron chi connectivity index (χ3n) is 4.84. The van der Waals surface area contributed by atoms with Gasteiger partial charge in [-0.3, -0.25) is 14.7 Å². The van der Waals surface area contributed by atoms with Crippen molar-refractivity contribution in [3.8, 4) is 0 Å². The highest BCUT2D eigenvalue weighted by atomic mass is 32.1. The second kappa shape index (κ2) is 10.1. The van der Waals surface area contributed by atoms with E-state index in [4.69, 9.17) is 4.74 Å². The number of thiophene rings is 1. The Labute approximate surface area is 189 Å². The number of rotatable bonds is 9. The Morgan fingerprint density at radius 2 is 1.88 bits per heavy atom. The lowest BCUT2D eigenvalue weighted by Gasteiger charge is -2.07. The molecule has 164 valence electrons. The molecule has 0 atom stereocenters. The first-order chi connectivity index (χ1) is 15.6. The number of carbonyl (C=O) groups excluding carboxylic acids is 2. The van der Waals surface area contributed by atoms with Gasteiger partial charge in [0.1, 0.15) is 0 Å². The van der Waals surface area contributed by atoms with Crippen molar-refractivity contribution in [1.29, 1.82) is 0 Å². The molecule has 0 bridgehead atoms. The fraction of sp³-hybridized carbons (Fsp3) is 0.174. The van der Waals surface area contributed by atoms with E-state index in [9.17, 15) is 9.59 Å². The summed E-state index contributed by atoms with van der Waals surface area (Å²) < 4.78 is 5.01. The summed E-state index contributed by atoms with van der Waals surface area (Å²) in [5.41, 5.74) is 2.63. The lowest BCUT2D eigenvalue weighted by molar-refractivity contribution is 0.0950. The Hall–Kier alpha value is -3.69. The van der Waals surface area contributed by atoms with E-state index in [0.29, 0.717) is 42.0 Å². The molecule has 4 rings (SSSR count). The van der Waals surface area contributed by atoms with Crippen LogP contribution in [0.25, 0.3) is 10.9 Å². The second-order valence-electron chi connectivity index (χ2n) is 7.05. The summed E-state index contributed by atoms with van der Waals surface area (Å²) in [5.74, 6) is -0.0927. The van der Waals surface area contributed by atoms with Gasteiger partial charge in [-0.05, 0) is 53.9 Å². The Morgan fingerprint density at radius 1 is 1.06 bits per heavy atom. The average molecular weight is 450 g/mol. The van der Waals surface area contributed by atoms with Gasteiger partial charge < -0.3 is 20.7 Å². The zero-order valence-corrected chi connectivity index (χ0v) is 18.3. The number of H-pyrrole nitrogens is 1. The maximum absolute atomic E-state index is 12.7. The first-order valence-corrected chi connectivity index (χ1v) is 10.9. The molecule has 0 aliphatic carbocycles. The van der Waals surface area contributed by atoms with Crippen LogP contribution in [0.5, 0.6) is 0 Å². The number of nitrogens with zero attached hydrogens (tertiary/aromatic N) is 1. The number of aromatic amines is 1. The minimum absolute atomic E-state index is 0.185. The van der Waals surface area contributed by atoms with Gasteiger partial charge in [-0.1, -0.05) is 6.07 Å². The molecule has 2 aromatic carbocycles. The van der Waals surface area contributed by atoms with Gasteiger partial charge in [0, 0.05) is 40.7 Å². The van der Waals surface area contributed by atoms with Gasteiger partial charge in [-0.2, -0.15) is 5.10 Å². The highest BCUT2D eigenvalue weighted by Crippen LogP contribution is 2.23. The fourth-order valence-electron chi connectivity index (χ4n) is 3.15. The highest BCUT2D eigenvalue weighted by Gasteiger charge is 2.14. The molecule has 8 nitrogen and oxygen atoms in total. The molecule has 2 heterocycles. The number of hydrogen-bond donors (Lipinski definition) is 4. The Kier molecular flexibility index (Phi) is 6.78. The molecule has 0 aliphatic rings. The monoisotopic (exact) mass is 449 g/mol. The summed E-state index contributed by atoms with van der Waals surface area (Å²) in [5, 5.41) is 18.7. The van der Waals surface area contributed by atoms with Crippen LogP contribution < -0.4 is 16.0 Å². The van der Waals surface area contributed by atoms with Crippen LogP contribution in [0.4, 0.5) is 11.5 Å². The number of methoxy groups -OCH3 is 1. The molecular weight excluding hydrogens is 426 g/mol. The SMILES string of the molecule is COCCNc1ccc(C(=O)Nc2n[nH]c3ccc(C(=O)NCc4cccs4)cc23)cc1. The highest BCUT2D eigenvalue weighted by molar-refractivity contribution is 7.09. The predicted octanol–water partition coefficient (Wildman–Crippen LogP) is 3.87. The van der Waals surface area contributed by atoms with Gasteiger partial charge >= 0.3 is 0 Å². The summed E-state index contributed by atoms with van der Waals surface area (Å²) in [7, 11) is 1.65. The molecule has 0 saturated carbocycles. The minimum Gasteiger partial charge on any atom is -0.383 e. The van der Waals surface area contributed by atoms with E-state index in [1.807, 2.05) is 29.6 Å². The van der Waals surface area contributed by atoms with Crippen LogP contribution in [0.15, 0.2) is 60.0 Å². The number of nitrogens with one attached hydrogen (secondary N) is 4. The summed E-state index contributed by atoms with van der Waals surface area (Å²) in [6.07, 6.45) is 0. The smallest absolute Gasteiger partial charge is 0.256 e. The zero-order valence-electron chi connectivity index (χ0n) is 17.5. The zero-order chi connectivity index (χ0) is 22.3. The van der Waals surface area contributed by atoms with Gasteiger partial charge in [-0.15, -0.1) is 11.3 Å². The van der Waals surface area contributed by atoms with Crippen molar-refractivity contribution in [2.45, 2.75) is 6.54 Å². The number of aromatic nitrogens is 2. The first kappa shape index (κ1) is 21.5. The lowest BCUT2D eigenvalue weighted by atomic mass is 10.1. The molecule has 2 amide bonds. The molecule has 0 fully saturated rings. The first-order valence-electron chi connectivity index (χ1n) is 10.1. The predicted molar refractivity (Wildman–Crippen MR) is 126 cm³/mol. The van der Waals surface area contributed by atoms with E-state index in [1.165, 1.54) is 0 Å². The summed E-state index contributed by atoms with van der Waals surface area (Å²) in [6.45, 7) is 1.76. The number of benzene rings is 2. The standard InChI is InChI=1S/C23H23N5O3S/c1-31-11-10-24-17-7-4-15(5-8-17)23(30)26-21-19-13-16(6-9-20(19)27-28-21)22(29)25-14-18-3-2-12-32-18/h2-9,12-13,24H,10-11,14H2,1H3,(H,25,29)(H2,26,27,28,30). The normalized spacial score (nSPS) is 10.8. The van der Waals surface area contributed by atoms with Gasteiger partial charge in [0.15, 0.2) is 5.82 Å². The maximum Gasteiger partial charge on any atom is 0.256 e. The number of hydrogen-bond acceptors (Lipinski definition) is 6. The van der Waals surface area contributed by atoms with E-state index >= 15 is 0 Å². The van der Waals surface area contributed by atoms with Crippen LogP contribution >= 0.6 is 11.3 Å². The summed E-state index contributed by atoms with van der Waals surface area (Å²) in [6, 6.07) is 16.3. The Balaban J connectivity index is 1.44. The topological polar surface area (TPSA) is 108 Å². The van der Waals surface area contributed by atoms with Crippen molar-refractivity contribution in [3.63, 3.8) is 0 Å². The second-order valence-corrected chi connectivity index (χ2v) is 8.08. The molecule has 4 N–H and O–H groups in total. The van der Waals surface area contributed by atoms with Crippen molar-refractivity contribution in [2.75, 3.05) is 30.9 Å². The Morgan fingerprint density at radius 3 is 2.62 bits per heavy atom. The molecule has 32 heavy (non-hydrogen) atoms. The van der Waals surface area contributed by atoms with Crippen molar-refractivity contribution in [3.05, 3.63) is 76.0 Å². The van der Waals surface area contributed by atoms with Crippen LogP contribution in [0, 0.1) is 0 Å². The molecule has 0 spiro atoms. The van der Waals surface area contributed by atoms with Crippen LogP contribution in [0.1, 0.15) is 25.6 Å². The summed E-state index contributed by atoms with van der Waals surface area (Å²) >= 11 is 1.59. The number of anilines is 2. The van der Waals surface area contributed by atoms with Crippen LogP contribution in [-0.2, 0) is 11.3 Å². The van der Waals surface area contributed by atoms with Crippen LogP contribution in [0.3, 0.4) is 0 Å². The van der Waals surface area contributed by atoms with E-state index in [2.05, 4.69) is 26.1 Å².